The molecular weight excluding hydrogens is 350 g/mol. The van der Waals surface area contributed by atoms with Crippen LogP contribution in [-0.2, 0) is 13.0 Å². The van der Waals surface area contributed by atoms with Gasteiger partial charge in [-0.3, -0.25) is 10.00 Å². The third kappa shape index (κ3) is 3.99. The summed E-state index contributed by atoms with van der Waals surface area (Å²) in [6.07, 6.45) is 3.09. The minimum Gasteiger partial charge on any atom is -0.490 e. The molecule has 0 atom stereocenters. The number of aromatic amines is 1. The standard InChI is InChI=1S/C20H28ClN3O2/c1-4-8-24-9-7-17-15(13-24)19(23-22-17)14-11-16(21)20(26-10-5-2)18(12-14)25-6-3/h11-12H,4-10,13H2,1-3H3,(H,22,23). The average molecular weight is 378 g/mol. The van der Waals surface area contributed by atoms with Crippen molar-refractivity contribution < 1.29 is 9.47 Å². The van der Waals surface area contributed by atoms with E-state index in [1.165, 1.54) is 11.3 Å². The number of benzene rings is 1. The van der Waals surface area contributed by atoms with Crippen molar-refractivity contribution in [2.45, 2.75) is 46.6 Å². The fourth-order valence-corrected chi connectivity index (χ4v) is 3.67. The summed E-state index contributed by atoms with van der Waals surface area (Å²) in [6, 6.07) is 3.93. The van der Waals surface area contributed by atoms with Gasteiger partial charge in [-0.15, -0.1) is 0 Å². The highest BCUT2D eigenvalue weighted by Crippen LogP contribution is 2.41. The first kappa shape index (κ1) is 19.1. The second-order valence-electron chi connectivity index (χ2n) is 6.62. The highest BCUT2D eigenvalue weighted by molar-refractivity contribution is 6.32. The van der Waals surface area contributed by atoms with Crippen LogP contribution in [0.4, 0.5) is 0 Å². The molecule has 2 aromatic rings. The van der Waals surface area contributed by atoms with Gasteiger partial charge in [0.1, 0.15) is 0 Å². The van der Waals surface area contributed by atoms with E-state index in [0.29, 0.717) is 29.7 Å². The summed E-state index contributed by atoms with van der Waals surface area (Å²) in [5.41, 5.74) is 4.43. The first-order chi connectivity index (χ1) is 12.7. The molecule has 5 nitrogen and oxygen atoms in total. The van der Waals surface area contributed by atoms with Gasteiger partial charge >= 0.3 is 0 Å². The summed E-state index contributed by atoms with van der Waals surface area (Å²) in [6.45, 7) is 10.5. The molecule has 1 aliphatic heterocycles. The Morgan fingerprint density at radius 3 is 2.77 bits per heavy atom. The molecule has 0 saturated heterocycles. The SMILES string of the molecule is CCCOc1c(Cl)cc(-c2n[nH]c3c2CN(CCC)CC3)cc1OCC. The van der Waals surface area contributed by atoms with Crippen molar-refractivity contribution >= 4 is 11.6 Å². The summed E-state index contributed by atoms with van der Waals surface area (Å²) in [4.78, 5) is 2.48. The van der Waals surface area contributed by atoms with Crippen LogP contribution in [0.25, 0.3) is 11.3 Å². The number of hydrogen-bond acceptors (Lipinski definition) is 4. The lowest BCUT2D eigenvalue weighted by atomic mass is 10.0. The Balaban J connectivity index is 1.96. The lowest BCUT2D eigenvalue weighted by Crippen LogP contribution is -2.31. The molecule has 0 saturated carbocycles. The van der Waals surface area contributed by atoms with Crippen molar-refractivity contribution in [3.63, 3.8) is 0 Å². The molecule has 0 aliphatic carbocycles. The van der Waals surface area contributed by atoms with Crippen molar-refractivity contribution in [2.75, 3.05) is 26.3 Å². The van der Waals surface area contributed by atoms with Crippen LogP contribution in [0.2, 0.25) is 5.02 Å². The van der Waals surface area contributed by atoms with Gasteiger partial charge in [-0.25, -0.2) is 0 Å². The Morgan fingerprint density at radius 2 is 2.04 bits per heavy atom. The van der Waals surface area contributed by atoms with Gasteiger partial charge in [0, 0.05) is 36.3 Å². The lowest BCUT2D eigenvalue weighted by Gasteiger charge is -2.26. The van der Waals surface area contributed by atoms with Crippen LogP contribution in [0.1, 0.15) is 44.9 Å². The summed E-state index contributed by atoms with van der Waals surface area (Å²) in [7, 11) is 0. The van der Waals surface area contributed by atoms with E-state index in [2.05, 4.69) is 28.9 Å². The summed E-state index contributed by atoms with van der Waals surface area (Å²) < 4.78 is 11.6. The molecule has 0 radical (unpaired) electrons. The van der Waals surface area contributed by atoms with Crippen LogP contribution < -0.4 is 9.47 Å². The van der Waals surface area contributed by atoms with Gasteiger partial charge < -0.3 is 9.47 Å². The van der Waals surface area contributed by atoms with E-state index in [0.717, 1.165) is 50.2 Å². The fraction of sp³-hybridized carbons (Fsp3) is 0.550. The zero-order chi connectivity index (χ0) is 18.5. The van der Waals surface area contributed by atoms with Crippen LogP contribution >= 0.6 is 11.6 Å². The Hall–Kier alpha value is -1.72. The maximum atomic E-state index is 6.53. The third-order valence-corrected chi connectivity index (χ3v) is 4.87. The molecule has 0 amide bonds. The molecule has 142 valence electrons. The van der Waals surface area contributed by atoms with E-state index < -0.39 is 0 Å². The molecule has 1 aromatic carbocycles. The molecule has 0 spiro atoms. The largest absolute Gasteiger partial charge is 0.490 e. The first-order valence-corrected chi connectivity index (χ1v) is 9.93. The van der Waals surface area contributed by atoms with Crippen molar-refractivity contribution in [3.05, 3.63) is 28.4 Å². The molecule has 3 rings (SSSR count). The topological polar surface area (TPSA) is 50.4 Å². The Bertz CT molecular complexity index is 745. The van der Waals surface area contributed by atoms with Gasteiger partial charge in [0.2, 0.25) is 0 Å². The average Bonchev–Trinajstić information content (AvgIpc) is 3.05. The number of halogens is 1. The molecule has 6 heteroatoms. The van der Waals surface area contributed by atoms with Crippen molar-refractivity contribution in [3.8, 4) is 22.8 Å². The molecule has 0 unspecified atom stereocenters. The van der Waals surface area contributed by atoms with Crippen molar-refractivity contribution in [1.82, 2.24) is 15.1 Å². The monoisotopic (exact) mass is 377 g/mol. The number of fused-ring (bicyclic) bond motifs is 1. The summed E-state index contributed by atoms with van der Waals surface area (Å²) in [5.74, 6) is 1.30. The molecule has 0 fully saturated rings. The normalized spacial score (nSPS) is 14.3. The van der Waals surface area contributed by atoms with Crippen molar-refractivity contribution in [2.24, 2.45) is 0 Å². The number of aromatic nitrogens is 2. The Labute approximate surface area is 160 Å². The number of nitrogens with one attached hydrogen (secondary N) is 1. The highest BCUT2D eigenvalue weighted by atomic mass is 35.5. The maximum Gasteiger partial charge on any atom is 0.179 e. The van der Waals surface area contributed by atoms with E-state index in [1.807, 2.05) is 19.1 Å². The third-order valence-electron chi connectivity index (χ3n) is 4.59. The molecule has 1 N–H and O–H groups in total. The highest BCUT2D eigenvalue weighted by Gasteiger charge is 2.24. The van der Waals surface area contributed by atoms with E-state index in [4.69, 9.17) is 21.1 Å². The van der Waals surface area contributed by atoms with Crippen LogP contribution in [0.15, 0.2) is 12.1 Å². The van der Waals surface area contributed by atoms with Crippen LogP contribution in [0, 0.1) is 0 Å². The molecule has 1 aliphatic rings. The summed E-state index contributed by atoms with van der Waals surface area (Å²) in [5, 5.41) is 8.37. The Morgan fingerprint density at radius 1 is 1.19 bits per heavy atom. The van der Waals surface area contributed by atoms with Crippen LogP contribution in [0.3, 0.4) is 0 Å². The van der Waals surface area contributed by atoms with Gasteiger partial charge in [-0.05, 0) is 38.4 Å². The number of nitrogens with zero attached hydrogens (tertiary/aromatic N) is 2. The van der Waals surface area contributed by atoms with Gasteiger partial charge in [-0.2, -0.15) is 5.10 Å². The van der Waals surface area contributed by atoms with Crippen molar-refractivity contribution in [1.29, 1.82) is 0 Å². The predicted molar refractivity (Wildman–Crippen MR) is 105 cm³/mol. The number of H-pyrrole nitrogens is 1. The van der Waals surface area contributed by atoms with Gasteiger partial charge in [0.15, 0.2) is 11.5 Å². The van der Waals surface area contributed by atoms with E-state index in [1.54, 1.807) is 0 Å². The minimum absolute atomic E-state index is 0.561. The second kappa shape index (κ2) is 8.78. The van der Waals surface area contributed by atoms with E-state index in [-0.39, 0.29) is 0 Å². The molecule has 26 heavy (non-hydrogen) atoms. The minimum atomic E-state index is 0.561. The quantitative estimate of drug-likeness (QED) is 0.725. The smallest absolute Gasteiger partial charge is 0.179 e. The number of hydrogen-bond donors (Lipinski definition) is 1. The van der Waals surface area contributed by atoms with E-state index >= 15 is 0 Å². The van der Waals surface area contributed by atoms with E-state index in [9.17, 15) is 0 Å². The zero-order valence-corrected chi connectivity index (χ0v) is 16.7. The molecule has 2 heterocycles. The zero-order valence-electron chi connectivity index (χ0n) is 15.9. The fourth-order valence-electron chi connectivity index (χ4n) is 3.41. The second-order valence-corrected chi connectivity index (χ2v) is 7.03. The first-order valence-electron chi connectivity index (χ1n) is 9.55. The predicted octanol–water partition coefficient (Wildman–Crippen LogP) is 4.69. The van der Waals surface area contributed by atoms with Crippen LogP contribution in [-0.4, -0.2) is 41.4 Å². The van der Waals surface area contributed by atoms with Crippen LogP contribution in [0.5, 0.6) is 11.5 Å². The molecular formula is C20H28ClN3O2. The van der Waals surface area contributed by atoms with Gasteiger partial charge in [0.25, 0.3) is 0 Å². The number of ether oxygens (including phenoxy) is 2. The molecule has 0 bridgehead atoms. The van der Waals surface area contributed by atoms with Gasteiger partial charge in [-0.1, -0.05) is 25.4 Å². The lowest BCUT2D eigenvalue weighted by molar-refractivity contribution is 0.254. The number of rotatable bonds is 8. The van der Waals surface area contributed by atoms with Gasteiger partial charge in [0.05, 0.1) is 23.9 Å². The Kier molecular flexibility index (Phi) is 6.43. The molecule has 1 aromatic heterocycles. The summed E-state index contributed by atoms with van der Waals surface area (Å²) >= 11 is 6.53. The maximum absolute atomic E-state index is 6.53.